The maximum absolute atomic E-state index is 7.14. The van der Waals surface area contributed by atoms with Crippen molar-refractivity contribution in [2.24, 2.45) is 5.73 Å². The molecule has 2 aromatic heterocycles. The van der Waals surface area contributed by atoms with E-state index in [4.69, 9.17) is 15.6 Å². The maximum atomic E-state index is 7.14. The lowest BCUT2D eigenvalue weighted by Gasteiger charge is -1.97. The number of oxazole rings is 1. The Labute approximate surface area is 89.5 Å². The van der Waals surface area contributed by atoms with Gasteiger partial charge in [0.1, 0.15) is 22.8 Å². The van der Waals surface area contributed by atoms with Gasteiger partial charge in [-0.1, -0.05) is 0 Å². The van der Waals surface area contributed by atoms with Gasteiger partial charge in [-0.15, -0.1) is 0 Å². The maximum Gasteiger partial charge on any atom is 0.262 e. The fourth-order valence-electron chi connectivity index (χ4n) is 0.858. The molecule has 0 amide bonds. The summed E-state index contributed by atoms with van der Waals surface area (Å²) in [5, 5.41) is 8.28. The average molecular weight is 221 g/mol. The molecule has 0 radical (unpaired) electrons. The molecule has 3 N–H and O–H groups in total. The number of aromatic nitrogens is 3. The molecule has 0 aliphatic rings. The van der Waals surface area contributed by atoms with E-state index >= 15 is 0 Å². The Morgan fingerprint density at radius 2 is 2.20 bits per heavy atom. The van der Waals surface area contributed by atoms with E-state index in [1.165, 1.54) is 30.4 Å². The highest BCUT2D eigenvalue weighted by Gasteiger charge is 2.04. The Bertz CT molecular complexity index is 452. The molecule has 7 heteroatoms. The van der Waals surface area contributed by atoms with Crippen molar-refractivity contribution in [2.75, 3.05) is 0 Å². The van der Waals surface area contributed by atoms with Crippen molar-refractivity contribution in [2.45, 2.75) is 10.2 Å². The van der Waals surface area contributed by atoms with Gasteiger partial charge < -0.3 is 10.2 Å². The van der Waals surface area contributed by atoms with Gasteiger partial charge in [0.15, 0.2) is 0 Å². The van der Waals surface area contributed by atoms with Crippen molar-refractivity contribution in [3.63, 3.8) is 0 Å². The van der Waals surface area contributed by atoms with Crippen LogP contribution in [0.5, 0.6) is 0 Å². The zero-order valence-corrected chi connectivity index (χ0v) is 8.36. The second-order valence-electron chi connectivity index (χ2n) is 2.55. The van der Waals surface area contributed by atoms with Crippen molar-refractivity contribution in [1.29, 1.82) is 5.41 Å². The topological polar surface area (TPSA) is 102 Å². The number of nitrogen functional groups attached to an aromatic ring is 1. The van der Waals surface area contributed by atoms with Crippen LogP contribution in [-0.4, -0.2) is 20.8 Å². The third-order valence-corrected chi connectivity index (χ3v) is 2.30. The zero-order valence-electron chi connectivity index (χ0n) is 7.54. The largest absolute Gasteiger partial charge is 0.440 e. The highest BCUT2D eigenvalue weighted by atomic mass is 32.2. The number of nitrogens with zero attached hydrogens (tertiary/aromatic N) is 3. The van der Waals surface area contributed by atoms with Crippen LogP contribution in [0.25, 0.3) is 0 Å². The minimum atomic E-state index is -0.102. The van der Waals surface area contributed by atoms with Crippen LogP contribution in [0.15, 0.2) is 39.5 Å². The van der Waals surface area contributed by atoms with Crippen molar-refractivity contribution >= 4 is 17.6 Å². The molecule has 2 aromatic rings. The first-order valence-electron chi connectivity index (χ1n) is 3.99. The average Bonchev–Trinajstić information content (AvgIpc) is 2.71. The fourth-order valence-corrected chi connectivity index (χ4v) is 1.47. The lowest BCUT2D eigenvalue weighted by Crippen LogP contribution is -2.13. The van der Waals surface area contributed by atoms with Crippen LogP contribution in [-0.2, 0) is 0 Å². The van der Waals surface area contributed by atoms with Crippen molar-refractivity contribution < 1.29 is 4.42 Å². The lowest BCUT2D eigenvalue weighted by molar-refractivity contribution is 0.454. The van der Waals surface area contributed by atoms with Gasteiger partial charge in [-0.25, -0.2) is 15.0 Å². The van der Waals surface area contributed by atoms with Gasteiger partial charge >= 0.3 is 0 Å². The number of hydrogen-bond donors (Lipinski definition) is 2. The number of rotatable bonds is 3. The van der Waals surface area contributed by atoms with Crippen LogP contribution in [0.2, 0.25) is 0 Å². The molecule has 0 atom stereocenters. The number of nitrogens with two attached hydrogens (primary N) is 1. The molecule has 0 unspecified atom stereocenters. The Morgan fingerprint density at radius 3 is 2.73 bits per heavy atom. The number of amidine groups is 1. The monoisotopic (exact) mass is 221 g/mol. The molecule has 0 aromatic carbocycles. The summed E-state index contributed by atoms with van der Waals surface area (Å²) in [6, 6.07) is 0. The van der Waals surface area contributed by atoms with Gasteiger partial charge in [-0.2, -0.15) is 0 Å². The standard InChI is InChI=1S/C8H7N5OS/c9-7(10)5-3-13-6(4-12-5)15-8-11-1-2-14-8/h1-4H,(H3,9,10). The van der Waals surface area contributed by atoms with E-state index in [1.807, 2.05) is 0 Å². The van der Waals surface area contributed by atoms with Gasteiger partial charge in [0, 0.05) is 0 Å². The first-order chi connectivity index (χ1) is 7.25. The molecule has 0 bridgehead atoms. The summed E-state index contributed by atoms with van der Waals surface area (Å²) in [5.74, 6) is -0.102. The summed E-state index contributed by atoms with van der Waals surface area (Å²) in [6.45, 7) is 0. The second-order valence-corrected chi connectivity index (χ2v) is 3.53. The molecular weight excluding hydrogens is 214 g/mol. The third kappa shape index (κ3) is 2.32. The van der Waals surface area contributed by atoms with E-state index in [1.54, 1.807) is 6.20 Å². The molecular formula is C8H7N5OS. The van der Waals surface area contributed by atoms with Crippen LogP contribution in [0.3, 0.4) is 0 Å². The summed E-state index contributed by atoms with van der Waals surface area (Å²) in [4.78, 5) is 11.9. The Hall–Kier alpha value is -1.89. The Balaban J connectivity index is 2.14. The fraction of sp³-hybridized carbons (Fsp3) is 0. The minimum absolute atomic E-state index is 0.102. The molecule has 0 spiro atoms. The van der Waals surface area contributed by atoms with Crippen molar-refractivity contribution in [3.8, 4) is 0 Å². The smallest absolute Gasteiger partial charge is 0.262 e. The van der Waals surface area contributed by atoms with Crippen LogP contribution in [0.4, 0.5) is 0 Å². The summed E-state index contributed by atoms with van der Waals surface area (Å²) < 4.78 is 5.03. The molecule has 0 fully saturated rings. The highest BCUT2D eigenvalue weighted by Crippen LogP contribution is 2.22. The van der Waals surface area contributed by atoms with Gasteiger partial charge in [0.05, 0.1) is 18.6 Å². The first kappa shape index (κ1) is 9.66. The van der Waals surface area contributed by atoms with Gasteiger partial charge in [-0.05, 0) is 11.8 Å². The normalized spacial score (nSPS) is 10.1. The minimum Gasteiger partial charge on any atom is -0.440 e. The van der Waals surface area contributed by atoms with E-state index in [9.17, 15) is 0 Å². The summed E-state index contributed by atoms with van der Waals surface area (Å²) >= 11 is 1.25. The predicted octanol–water partition coefficient (Wildman–Crippen LogP) is 0.900. The molecule has 2 rings (SSSR count). The molecule has 6 nitrogen and oxygen atoms in total. The molecule has 76 valence electrons. The van der Waals surface area contributed by atoms with E-state index < -0.39 is 0 Å². The van der Waals surface area contributed by atoms with Crippen LogP contribution in [0.1, 0.15) is 5.69 Å². The zero-order chi connectivity index (χ0) is 10.7. The summed E-state index contributed by atoms with van der Waals surface area (Å²) in [5.41, 5.74) is 5.60. The third-order valence-electron chi connectivity index (χ3n) is 1.51. The van der Waals surface area contributed by atoms with Crippen LogP contribution in [0, 0.1) is 5.41 Å². The number of hydrogen-bond acceptors (Lipinski definition) is 6. The Kier molecular flexibility index (Phi) is 2.64. The molecule has 15 heavy (non-hydrogen) atoms. The highest BCUT2D eigenvalue weighted by molar-refractivity contribution is 7.99. The predicted molar refractivity (Wildman–Crippen MR) is 53.7 cm³/mol. The molecule has 0 saturated heterocycles. The number of nitrogens with one attached hydrogen (secondary N) is 1. The summed E-state index contributed by atoms with van der Waals surface area (Å²) in [7, 11) is 0. The SMILES string of the molecule is N=C(N)c1cnc(Sc2ncco2)cn1. The van der Waals surface area contributed by atoms with E-state index in [0.29, 0.717) is 15.9 Å². The molecule has 0 aliphatic carbocycles. The van der Waals surface area contributed by atoms with Crippen molar-refractivity contribution in [3.05, 3.63) is 30.5 Å². The summed E-state index contributed by atoms with van der Waals surface area (Å²) in [6.07, 6.45) is 6.00. The molecule has 2 heterocycles. The van der Waals surface area contributed by atoms with Gasteiger partial charge in [0.2, 0.25) is 0 Å². The van der Waals surface area contributed by atoms with Crippen LogP contribution >= 0.6 is 11.8 Å². The first-order valence-corrected chi connectivity index (χ1v) is 4.81. The molecule has 0 aliphatic heterocycles. The van der Waals surface area contributed by atoms with Gasteiger partial charge in [-0.3, -0.25) is 5.41 Å². The van der Waals surface area contributed by atoms with Crippen molar-refractivity contribution in [1.82, 2.24) is 15.0 Å². The van der Waals surface area contributed by atoms with E-state index in [2.05, 4.69) is 15.0 Å². The van der Waals surface area contributed by atoms with E-state index in [0.717, 1.165) is 0 Å². The lowest BCUT2D eigenvalue weighted by atomic mass is 10.4. The quantitative estimate of drug-likeness (QED) is 0.589. The van der Waals surface area contributed by atoms with E-state index in [-0.39, 0.29) is 5.84 Å². The second kappa shape index (κ2) is 4.09. The Morgan fingerprint density at radius 1 is 1.33 bits per heavy atom. The van der Waals surface area contributed by atoms with Gasteiger partial charge in [0.25, 0.3) is 5.22 Å². The van der Waals surface area contributed by atoms with Crippen LogP contribution < -0.4 is 5.73 Å². The molecule has 0 saturated carbocycles.